The fourth-order valence-corrected chi connectivity index (χ4v) is 9.46. The van der Waals surface area contributed by atoms with Crippen molar-refractivity contribution in [1.82, 2.24) is 42.5 Å². The summed E-state index contributed by atoms with van der Waals surface area (Å²) in [4.78, 5) is 121. The predicted octanol–water partition coefficient (Wildman–Crippen LogP) is 6.11. The van der Waals surface area contributed by atoms with Crippen LogP contribution in [0.3, 0.4) is 0 Å². The molecular formula is C60H86N8O13S. The molecule has 0 saturated carbocycles. The van der Waals surface area contributed by atoms with Crippen LogP contribution in [0.1, 0.15) is 131 Å². The van der Waals surface area contributed by atoms with Crippen LogP contribution in [0.4, 0.5) is 9.59 Å². The van der Waals surface area contributed by atoms with Crippen molar-refractivity contribution >= 4 is 65.4 Å². The van der Waals surface area contributed by atoms with E-state index in [2.05, 4.69) is 42.5 Å². The first-order valence-electron chi connectivity index (χ1n) is 27.9. The minimum atomic E-state index is -1.33. The maximum Gasteiger partial charge on any atom is 0.407 e. The molecule has 0 unspecified atom stereocenters. The number of alkyl carbamates (subject to hydrolysis) is 2. The number of hydrogen-bond donors (Lipinski definition) is 9. The van der Waals surface area contributed by atoms with E-state index in [0.29, 0.717) is 29.9 Å². The number of ether oxygens (including phenoxy) is 3. The van der Waals surface area contributed by atoms with Gasteiger partial charge >= 0.3 is 18.2 Å². The Morgan fingerprint density at radius 3 is 1.72 bits per heavy atom. The van der Waals surface area contributed by atoms with Gasteiger partial charge in [-0.1, -0.05) is 88.4 Å². The average Bonchev–Trinajstić information content (AvgIpc) is 3.74. The van der Waals surface area contributed by atoms with Gasteiger partial charge in [0.05, 0.1) is 0 Å². The minimum absolute atomic E-state index is 0.0258. The molecule has 8 amide bonds. The second-order valence-corrected chi connectivity index (χ2v) is 24.2. The molecule has 0 bridgehead atoms. The number of thioether (sulfide) groups is 1. The Balaban J connectivity index is 1.42. The fraction of sp³-hybridized carbons (Fsp3) is 0.550. The van der Waals surface area contributed by atoms with E-state index in [9.17, 15) is 48.3 Å². The number of nitrogens with one attached hydrogen (secondary N) is 8. The molecule has 82 heavy (non-hydrogen) atoms. The van der Waals surface area contributed by atoms with Crippen LogP contribution in [-0.4, -0.2) is 138 Å². The largest absolute Gasteiger partial charge is 0.488 e. The van der Waals surface area contributed by atoms with Gasteiger partial charge < -0.3 is 61.9 Å². The van der Waals surface area contributed by atoms with Gasteiger partial charge in [0.25, 0.3) is 0 Å². The van der Waals surface area contributed by atoms with Crippen LogP contribution in [0, 0.1) is 11.8 Å². The third kappa shape index (κ3) is 22.5. The number of fused-ring (bicyclic) bond motifs is 3. The maximum atomic E-state index is 14.5. The summed E-state index contributed by atoms with van der Waals surface area (Å²) in [6.07, 6.45) is 1.31. The van der Waals surface area contributed by atoms with Gasteiger partial charge in [0, 0.05) is 18.9 Å². The van der Waals surface area contributed by atoms with E-state index in [1.54, 1.807) is 58.9 Å². The predicted molar refractivity (Wildman–Crippen MR) is 314 cm³/mol. The molecule has 21 nitrogen and oxygen atoms in total. The van der Waals surface area contributed by atoms with E-state index in [1.807, 2.05) is 89.4 Å². The number of amides is 8. The lowest BCUT2D eigenvalue weighted by molar-refractivity contribution is -0.142. The van der Waals surface area contributed by atoms with Crippen molar-refractivity contribution in [3.8, 4) is 16.9 Å². The summed E-state index contributed by atoms with van der Waals surface area (Å²) < 4.78 is 16.8. The highest BCUT2D eigenvalue weighted by molar-refractivity contribution is 7.98. The highest BCUT2D eigenvalue weighted by atomic mass is 32.2. The molecule has 22 heteroatoms. The Hall–Kier alpha value is -7.36. The van der Waals surface area contributed by atoms with Crippen molar-refractivity contribution in [3.63, 3.8) is 0 Å². The summed E-state index contributed by atoms with van der Waals surface area (Å²) in [7, 11) is 0. The fourth-order valence-electron chi connectivity index (χ4n) is 8.99. The van der Waals surface area contributed by atoms with E-state index in [1.165, 1.54) is 18.7 Å². The molecule has 6 atom stereocenters. The number of hydrogen-bond acceptors (Lipinski definition) is 13. The van der Waals surface area contributed by atoms with E-state index in [0.717, 1.165) is 22.3 Å². The molecule has 450 valence electrons. The van der Waals surface area contributed by atoms with Gasteiger partial charge in [0.2, 0.25) is 35.4 Å². The van der Waals surface area contributed by atoms with E-state index < -0.39 is 114 Å². The number of aliphatic carboxylic acids is 1. The lowest BCUT2D eigenvalue weighted by Gasteiger charge is -2.29. The topological polar surface area (TPSA) is 298 Å². The number of benzene rings is 3. The third-order valence-corrected chi connectivity index (χ3v) is 13.6. The van der Waals surface area contributed by atoms with E-state index >= 15 is 0 Å². The highest BCUT2D eigenvalue weighted by Gasteiger charge is 2.35. The zero-order valence-corrected chi connectivity index (χ0v) is 50.3. The monoisotopic (exact) mass is 1160 g/mol. The van der Waals surface area contributed by atoms with Crippen LogP contribution in [0.5, 0.6) is 5.75 Å². The first-order valence-corrected chi connectivity index (χ1v) is 29.3. The van der Waals surface area contributed by atoms with Gasteiger partial charge in [0.1, 0.15) is 66.4 Å². The van der Waals surface area contributed by atoms with Crippen molar-refractivity contribution in [2.45, 2.75) is 168 Å². The highest BCUT2D eigenvalue weighted by Crippen LogP contribution is 2.44. The molecule has 0 fully saturated rings. The molecule has 0 heterocycles. The summed E-state index contributed by atoms with van der Waals surface area (Å²) in [5.41, 5.74) is 3.60. The Morgan fingerprint density at radius 1 is 0.598 bits per heavy atom. The van der Waals surface area contributed by atoms with Crippen molar-refractivity contribution in [2.24, 2.45) is 11.8 Å². The summed E-state index contributed by atoms with van der Waals surface area (Å²) in [5, 5.41) is 31.2. The lowest BCUT2D eigenvalue weighted by Crippen LogP contribution is -2.61. The number of carboxylic acid groups (broad SMARTS) is 1. The second-order valence-electron chi connectivity index (χ2n) is 23.2. The molecule has 9 N–H and O–H groups in total. The molecule has 0 radical (unpaired) electrons. The minimum Gasteiger partial charge on any atom is -0.488 e. The zero-order valence-electron chi connectivity index (χ0n) is 49.4. The SMILES string of the molecule is CSCC[C@H](NC(=O)[C@H](C)NC(=O)CNC(=O)OCC1c2ccccc2-c2ccccc21)C(=O)N[C@H](C(=O)N[C@@H](Cc1ccc(OC(C)(C)C)cc1)C(=O)N[C@@H](CC(C)C)C(=O)N[C@@H](CCCCNC(=O)OC(C)(C)C)C(=O)O)C(C)C. The standard InChI is InChI=1S/C60H86N8O13S/c1-35(2)31-47(53(72)65-46(56(75)76)23-17-18-29-61-58(78)81-60(9,10)11)66-54(73)48(32-38-24-26-39(27-25-38)80-59(6,7)8)67-55(74)50(36(3)4)68-52(71)45(28-30-82-12)64-51(70)37(5)63-49(69)33-62-57(77)79-34-44-42-21-15-13-19-40(42)41-20-14-16-22-43(41)44/h13-16,19-22,24-27,35-37,44-48,50H,17-18,23,28-34H2,1-12H3,(H,61,78)(H,62,77)(H,63,69)(H,64,70)(H,65,72)(H,66,73)(H,67,74)(H,68,71)(H,75,76)/t37-,45-,46-,47-,48-,50-/m0/s1. The summed E-state index contributed by atoms with van der Waals surface area (Å²) in [6, 6.07) is 15.2. The van der Waals surface area contributed by atoms with Gasteiger partial charge in [-0.15, -0.1) is 0 Å². The Labute approximate surface area is 486 Å². The number of carbonyl (C=O) groups excluding carboxylic acids is 8. The number of carboxylic acids is 1. The van der Waals surface area contributed by atoms with E-state index in [4.69, 9.17) is 14.2 Å². The van der Waals surface area contributed by atoms with Crippen molar-refractivity contribution in [2.75, 3.05) is 31.7 Å². The van der Waals surface area contributed by atoms with Crippen LogP contribution < -0.4 is 47.3 Å². The van der Waals surface area contributed by atoms with Crippen molar-refractivity contribution < 1.29 is 62.5 Å². The zero-order chi connectivity index (χ0) is 60.9. The average molecular weight is 1160 g/mol. The van der Waals surface area contributed by atoms with Gasteiger partial charge in [-0.2, -0.15) is 11.8 Å². The molecule has 3 aromatic rings. The van der Waals surface area contributed by atoms with Crippen LogP contribution in [0.2, 0.25) is 0 Å². The lowest BCUT2D eigenvalue weighted by atomic mass is 9.98. The van der Waals surface area contributed by atoms with Gasteiger partial charge in [-0.05, 0) is 144 Å². The normalized spacial score (nSPS) is 14.3. The Morgan fingerprint density at radius 2 is 1.16 bits per heavy atom. The maximum absolute atomic E-state index is 14.5. The second kappa shape index (κ2) is 31.7. The molecule has 0 aliphatic heterocycles. The van der Waals surface area contributed by atoms with Crippen LogP contribution in [0.15, 0.2) is 72.8 Å². The van der Waals surface area contributed by atoms with Gasteiger partial charge in [0.15, 0.2) is 0 Å². The van der Waals surface area contributed by atoms with Crippen molar-refractivity contribution in [3.05, 3.63) is 89.5 Å². The first-order chi connectivity index (χ1) is 38.5. The summed E-state index contributed by atoms with van der Waals surface area (Å²) in [6.45, 7) is 19.1. The number of unbranched alkanes of at least 4 members (excludes halogenated alkanes) is 1. The quantitative estimate of drug-likeness (QED) is 0.0341. The molecule has 4 rings (SSSR count). The molecule has 0 spiro atoms. The Kier molecular flexibility index (Phi) is 26.0. The summed E-state index contributed by atoms with van der Waals surface area (Å²) >= 11 is 1.42. The molecule has 3 aromatic carbocycles. The van der Waals surface area contributed by atoms with Crippen molar-refractivity contribution in [1.29, 1.82) is 0 Å². The first kappa shape index (κ1) is 67.1. The van der Waals surface area contributed by atoms with Crippen LogP contribution in [-0.2, 0) is 49.5 Å². The molecule has 0 saturated heterocycles. The number of rotatable bonds is 30. The van der Waals surface area contributed by atoms with Crippen LogP contribution in [0.25, 0.3) is 11.1 Å². The summed E-state index contributed by atoms with van der Waals surface area (Å²) in [5.74, 6) is -5.55. The molecule has 1 aliphatic rings. The third-order valence-electron chi connectivity index (χ3n) is 13.0. The Bertz CT molecular complexity index is 2630. The van der Waals surface area contributed by atoms with Gasteiger partial charge in [-0.25, -0.2) is 14.4 Å². The smallest absolute Gasteiger partial charge is 0.407 e. The van der Waals surface area contributed by atoms with E-state index in [-0.39, 0.29) is 50.7 Å². The molecular weight excluding hydrogens is 1070 g/mol. The molecule has 0 aromatic heterocycles. The molecule has 1 aliphatic carbocycles. The van der Waals surface area contributed by atoms with Crippen LogP contribution >= 0.6 is 11.8 Å². The van der Waals surface area contributed by atoms with Gasteiger partial charge in [-0.3, -0.25) is 28.8 Å². The number of carbonyl (C=O) groups is 9.